The number of nitrogens with one attached hydrogen (secondary N) is 1. The van der Waals surface area contributed by atoms with Crippen LogP contribution in [0.3, 0.4) is 0 Å². The number of benzene rings is 1. The van der Waals surface area contributed by atoms with Crippen molar-refractivity contribution in [1.29, 1.82) is 0 Å². The number of halogens is 2. The van der Waals surface area contributed by atoms with Gasteiger partial charge in [0.1, 0.15) is 11.6 Å². The maximum absolute atomic E-state index is 13.7. The van der Waals surface area contributed by atoms with E-state index in [0.29, 0.717) is 17.1 Å². The van der Waals surface area contributed by atoms with Crippen LogP contribution in [0.1, 0.15) is 37.1 Å². The molecule has 0 fully saturated rings. The van der Waals surface area contributed by atoms with Crippen molar-refractivity contribution < 1.29 is 13.6 Å². The average Bonchev–Trinajstić information content (AvgIpc) is 2.89. The number of nitrogens with two attached hydrogens (primary N) is 1. The van der Waals surface area contributed by atoms with Crippen molar-refractivity contribution in [3.8, 4) is 0 Å². The molecular weight excluding hydrogens is 320 g/mol. The summed E-state index contributed by atoms with van der Waals surface area (Å²) in [4.78, 5) is 17.0. The van der Waals surface area contributed by atoms with Crippen molar-refractivity contribution in [3.63, 3.8) is 0 Å². The number of rotatable bonds is 6. The molecule has 0 saturated heterocycles. The van der Waals surface area contributed by atoms with Gasteiger partial charge in [0.15, 0.2) is 5.13 Å². The summed E-state index contributed by atoms with van der Waals surface area (Å²) in [6.45, 7) is 3.63. The molecule has 0 radical (unpaired) electrons. The van der Waals surface area contributed by atoms with Gasteiger partial charge in [-0.25, -0.2) is 13.8 Å². The summed E-state index contributed by atoms with van der Waals surface area (Å²) in [5.41, 5.74) is 5.39. The highest BCUT2D eigenvalue weighted by Gasteiger charge is 2.27. The number of carbonyl (C=O) groups is 1. The Kier molecular flexibility index (Phi) is 5.43. The first kappa shape index (κ1) is 17.5. The Labute approximate surface area is 137 Å². The number of carbonyl (C=O) groups excluding carboxylic acids is 1. The maximum atomic E-state index is 13.7. The van der Waals surface area contributed by atoms with Crippen LogP contribution in [0.5, 0.6) is 0 Å². The molecule has 124 valence electrons. The fourth-order valence-corrected chi connectivity index (χ4v) is 3.00. The molecular formula is C16H19F2N3OS. The van der Waals surface area contributed by atoms with E-state index in [1.54, 1.807) is 13.1 Å². The number of thiazole rings is 1. The molecule has 1 heterocycles. The molecule has 3 N–H and O–H groups in total. The SMILES string of the molecule is CCCC(C)(N)C(=O)Nc1ncc(Cc2ccc(F)cc2F)s1. The molecule has 1 aromatic carbocycles. The first-order valence-corrected chi connectivity index (χ1v) is 8.12. The summed E-state index contributed by atoms with van der Waals surface area (Å²) in [7, 11) is 0. The minimum Gasteiger partial charge on any atom is -0.318 e. The summed E-state index contributed by atoms with van der Waals surface area (Å²) in [6, 6.07) is 3.47. The molecule has 1 aromatic heterocycles. The Morgan fingerprint density at radius 3 is 2.83 bits per heavy atom. The van der Waals surface area contributed by atoms with E-state index in [1.165, 1.54) is 23.5 Å². The first-order chi connectivity index (χ1) is 10.8. The maximum Gasteiger partial charge on any atom is 0.245 e. The standard InChI is InChI=1S/C16H19F2N3OS/c1-3-6-16(2,19)14(22)21-15-20-9-12(23-15)7-10-4-5-11(17)8-13(10)18/h4-5,8-9H,3,6-7,19H2,1-2H3,(H,20,21,22). The zero-order valence-corrected chi connectivity index (χ0v) is 13.8. The highest BCUT2D eigenvalue weighted by molar-refractivity contribution is 7.15. The second kappa shape index (κ2) is 7.14. The Balaban J connectivity index is 2.05. The Morgan fingerprint density at radius 1 is 1.43 bits per heavy atom. The third kappa shape index (κ3) is 4.56. The number of amides is 1. The van der Waals surface area contributed by atoms with Crippen LogP contribution in [0, 0.1) is 11.6 Å². The summed E-state index contributed by atoms with van der Waals surface area (Å²) in [5.74, 6) is -1.50. The van der Waals surface area contributed by atoms with Gasteiger partial charge in [-0.1, -0.05) is 19.4 Å². The van der Waals surface area contributed by atoms with Crippen LogP contribution in [0.25, 0.3) is 0 Å². The molecule has 7 heteroatoms. The van der Waals surface area contributed by atoms with Crippen LogP contribution in [0.2, 0.25) is 0 Å². The normalized spacial score (nSPS) is 13.6. The fraction of sp³-hybridized carbons (Fsp3) is 0.375. The van der Waals surface area contributed by atoms with Crippen LogP contribution in [-0.4, -0.2) is 16.4 Å². The molecule has 23 heavy (non-hydrogen) atoms. The quantitative estimate of drug-likeness (QED) is 0.847. The van der Waals surface area contributed by atoms with Gasteiger partial charge in [-0.15, -0.1) is 11.3 Å². The lowest BCUT2D eigenvalue weighted by atomic mass is 9.97. The van der Waals surface area contributed by atoms with Gasteiger partial charge in [-0.3, -0.25) is 4.79 Å². The fourth-order valence-electron chi connectivity index (χ4n) is 2.17. The topological polar surface area (TPSA) is 68.0 Å². The van der Waals surface area contributed by atoms with Gasteiger partial charge in [0.05, 0.1) is 5.54 Å². The lowest BCUT2D eigenvalue weighted by molar-refractivity contribution is -0.120. The largest absolute Gasteiger partial charge is 0.318 e. The van der Waals surface area contributed by atoms with Gasteiger partial charge in [0.25, 0.3) is 0 Å². The van der Waals surface area contributed by atoms with E-state index in [4.69, 9.17) is 5.73 Å². The average molecular weight is 339 g/mol. The van der Waals surface area contributed by atoms with Crippen LogP contribution in [0.15, 0.2) is 24.4 Å². The third-order valence-electron chi connectivity index (χ3n) is 3.44. The van der Waals surface area contributed by atoms with E-state index in [9.17, 15) is 13.6 Å². The lowest BCUT2D eigenvalue weighted by Gasteiger charge is -2.21. The molecule has 1 atom stereocenters. The number of aromatic nitrogens is 1. The molecule has 1 amide bonds. The zero-order valence-electron chi connectivity index (χ0n) is 13.0. The lowest BCUT2D eigenvalue weighted by Crippen LogP contribution is -2.48. The van der Waals surface area contributed by atoms with Crippen molar-refractivity contribution in [2.75, 3.05) is 5.32 Å². The molecule has 1 unspecified atom stereocenters. The Hall–Kier alpha value is -1.86. The molecule has 0 saturated carbocycles. The summed E-state index contributed by atoms with van der Waals surface area (Å²) < 4.78 is 26.6. The molecule has 2 aromatic rings. The molecule has 0 spiro atoms. The van der Waals surface area contributed by atoms with Gasteiger partial charge >= 0.3 is 0 Å². The second-order valence-electron chi connectivity index (χ2n) is 5.67. The molecule has 2 rings (SSSR count). The van der Waals surface area contributed by atoms with Crippen molar-refractivity contribution in [2.24, 2.45) is 5.73 Å². The molecule has 0 aliphatic heterocycles. The predicted octanol–water partition coefficient (Wildman–Crippen LogP) is 3.47. The van der Waals surface area contributed by atoms with Crippen molar-refractivity contribution in [1.82, 2.24) is 4.98 Å². The highest BCUT2D eigenvalue weighted by atomic mass is 32.1. The van der Waals surface area contributed by atoms with E-state index in [1.807, 2.05) is 6.92 Å². The second-order valence-corrected chi connectivity index (χ2v) is 6.78. The predicted molar refractivity (Wildman–Crippen MR) is 87.4 cm³/mol. The summed E-state index contributed by atoms with van der Waals surface area (Å²) >= 11 is 1.24. The molecule has 4 nitrogen and oxygen atoms in total. The minimum absolute atomic E-state index is 0.286. The minimum atomic E-state index is -0.955. The van der Waals surface area contributed by atoms with Crippen LogP contribution >= 0.6 is 11.3 Å². The first-order valence-electron chi connectivity index (χ1n) is 7.31. The molecule has 0 bridgehead atoms. The van der Waals surface area contributed by atoms with Crippen LogP contribution in [0.4, 0.5) is 13.9 Å². The zero-order chi connectivity index (χ0) is 17.0. The molecule has 0 aliphatic rings. The Bertz CT molecular complexity index is 700. The van der Waals surface area contributed by atoms with Crippen molar-refractivity contribution >= 4 is 22.4 Å². The van der Waals surface area contributed by atoms with Crippen molar-refractivity contribution in [3.05, 3.63) is 46.5 Å². The van der Waals surface area contributed by atoms with Crippen molar-refractivity contribution in [2.45, 2.75) is 38.6 Å². The monoisotopic (exact) mass is 339 g/mol. The van der Waals surface area contributed by atoms with Crippen LogP contribution in [-0.2, 0) is 11.2 Å². The van der Waals surface area contributed by atoms with Gasteiger partial charge < -0.3 is 11.1 Å². The Morgan fingerprint density at radius 2 is 2.17 bits per heavy atom. The number of hydrogen-bond acceptors (Lipinski definition) is 4. The summed E-state index contributed by atoms with van der Waals surface area (Å²) in [5, 5.41) is 3.10. The van der Waals surface area contributed by atoms with E-state index in [-0.39, 0.29) is 12.3 Å². The molecule has 0 aliphatic carbocycles. The summed E-state index contributed by atoms with van der Waals surface area (Å²) in [6.07, 6.45) is 3.22. The number of nitrogens with zero attached hydrogens (tertiary/aromatic N) is 1. The van der Waals surface area contributed by atoms with E-state index in [0.717, 1.165) is 17.4 Å². The van der Waals surface area contributed by atoms with E-state index in [2.05, 4.69) is 10.3 Å². The third-order valence-corrected chi connectivity index (χ3v) is 4.35. The number of anilines is 1. The van der Waals surface area contributed by atoms with Gasteiger partial charge in [-0.2, -0.15) is 0 Å². The van der Waals surface area contributed by atoms with Crippen LogP contribution < -0.4 is 11.1 Å². The highest BCUT2D eigenvalue weighted by Crippen LogP contribution is 2.23. The smallest absolute Gasteiger partial charge is 0.245 e. The van der Waals surface area contributed by atoms with E-state index >= 15 is 0 Å². The van der Waals surface area contributed by atoms with Gasteiger partial charge in [0, 0.05) is 23.6 Å². The van der Waals surface area contributed by atoms with Gasteiger partial charge in [0.2, 0.25) is 5.91 Å². The van der Waals surface area contributed by atoms with E-state index < -0.39 is 17.2 Å². The number of hydrogen-bond donors (Lipinski definition) is 2. The van der Waals surface area contributed by atoms with Gasteiger partial charge in [-0.05, 0) is 25.0 Å².